The van der Waals surface area contributed by atoms with Crippen LogP contribution in [-0.2, 0) is 19.2 Å². The zero-order chi connectivity index (χ0) is 11.6. The van der Waals surface area contributed by atoms with Gasteiger partial charge in [0.15, 0.2) is 0 Å². The molecule has 0 radical (unpaired) electrons. The Balaban J connectivity index is 2.83. The summed E-state index contributed by atoms with van der Waals surface area (Å²) >= 11 is 0. The monoisotopic (exact) mass is 214 g/mol. The Bertz CT molecular complexity index is 338. The van der Waals surface area contributed by atoms with E-state index in [2.05, 4.69) is 0 Å². The zero-order valence-electron chi connectivity index (χ0n) is 8.10. The molecule has 1 aliphatic heterocycles. The van der Waals surface area contributed by atoms with Crippen molar-refractivity contribution in [1.29, 1.82) is 0 Å². The molecule has 0 aromatic heterocycles. The van der Waals surface area contributed by atoms with Gasteiger partial charge in [-0.1, -0.05) is 0 Å². The number of hydrogen-bond donors (Lipinski definition) is 1. The summed E-state index contributed by atoms with van der Waals surface area (Å²) < 4.78 is 0. The van der Waals surface area contributed by atoms with E-state index >= 15 is 0 Å². The third kappa shape index (κ3) is 2.52. The van der Waals surface area contributed by atoms with Gasteiger partial charge >= 0.3 is 5.97 Å². The lowest BCUT2D eigenvalue weighted by Crippen LogP contribution is -2.39. The molecule has 0 aromatic rings. The lowest BCUT2D eigenvalue weighted by Gasteiger charge is -2.16. The van der Waals surface area contributed by atoms with Gasteiger partial charge in [-0.05, 0) is 0 Å². The Kier molecular flexibility index (Phi) is 3.03. The lowest BCUT2D eigenvalue weighted by molar-refractivity contribution is -0.145. The van der Waals surface area contributed by atoms with Crippen molar-refractivity contribution in [1.82, 2.24) is 9.80 Å². The van der Waals surface area contributed by atoms with Crippen molar-refractivity contribution in [3.63, 3.8) is 0 Å². The summed E-state index contributed by atoms with van der Waals surface area (Å²) in [4.78, 5) is 45.8. The van der Waals surface area contributed by atoms with E-state index in [0.29, 0.717) is 0 Å². The number of aliphatic carboxylic acids is 1. The number of amides is 3. The molecule has 0 unspecified atom stereocenters. The molecule has 1 saturated heterocycles. The number of carbonyl (C=O) groups excluding carboxylic acids is 3. The van der Waals surface area contributed by atoms with Gasteiger partial charge in [0.25, 0.3) is 0 Å². The van der Waals surface area contributed by atoms with Crippen molar-refractivity contribution in [3.8, 4) is 0 Å². The van der Waals surface area contributed by atoms with E-state index in [4.69, 9.17) is 5.11 Å². The van der Waals surface area contributed by atoms with Crippen molar-refractivity contribution >= 4 is 23.7 Å². The maximum absolute atomic E-state index is 11.3. The third-order valence-electron chi connectivity index (χ3n) is 2.06. The van der Waals surface area contributed by atoms with E-state index in [-0.39, 0.29) is 6.54 Å². The van der Waals surface area contributed by atoms with Crippen molar-refractivity contribution < 1.29 is 24.3 Å². The maximum atomic E-state index is 11.3. The van der Waals surface area contributed by atoms with Crippen molar-refractivity contribution in [2.24, 2.45) is 0 Å². The second-order valence-electron chi connectivity index (χ2n) is 3.17. The second-order valence-corrected chi connectivity index (χ2v) is 3.17. The molecular weight excluding hydrogens is 204 g/mol. The molecular formula is C8H10N2O5. The zero-order valence-corrected chi connectivity index (χ0v) is 8.10. The summed E-state index contributed by atoms with van der Waals surface area (Å²) in [6, 6.07) is 0. The molecule has 0 bridgehead atoms. The molecule has 1 fully saturated rings. The highest BCUT2D eigenvalue weighted by molar-refractivity contribution is 6.08. The quantitative estimate of drug-likeness (QED) is 0.436. The van der Waals surface area contributed by atoms with Gasteiger partial charge in [0.2, 0.25) is 17.7 Å². The fourth-order valence-electron chi connectivity index (χ4n) is 1.16. The van der Waals surface area contributed by atoms with Gasteiger partial charge in [0, 0.05) is 7.05 Å². The van der Waals surface area contributed by atoms with Gasteiger partial charge in [-0.25, -0.2) is 0 Å². The van der Waals surface area contributed by atoms with Crippen LogP contribution in [0, 0.1) is 0 Å². The van der Waals surface area contributed by atoms with E-state index < -0.39 is 36.7 Å². The van der Waals surface area contributed by atoms with Crippen LogP contribution >= 0.6 is 0 Å². The first-order valence-corrected chi connectivity index (χ1v) is 4.20. The van der Waals surface area contributed by atoms with Crippen LogP contribution in [0.1, 0.15) is 6.42 Å². The fourth-order valence-corrected chi connectivity index (χ4v) is 1.16. The molecule has 1 aliphatic rings. The highest BCUT2D eigenvalue weighted by atomic mass is 16.4. The predicted molar refractivity (Wildman–Crippen MR) is 46.6 cm³/mol. The van der Waals surface area contributed by atoms with Gasteiger partial charge in [-0.2, -0.15) is 0 Å². The number of carboxylic acid groups (broad SMARTS) is 1. The van der Waals surface area contributed by atoms with Crippen LogP contribution in [0.2, 0.25) is 0 Å². The van der Waals surface area contributed by atoms with Gasteiger partial charge in [0.05, 0.1) is 0 Å². The fraction of sp³-hybridized carbons (Fsp3) is 0.500. The van der Waals surface area contributed by atoms with Gasteiger partial charge in [-0.15, -0.1) is 0 Å². The molecule has 0 aliphatic carbocycles. The summed E-state index contributed by atoms with van der Waals surface area (Å²) in [5, 5.41) is 8.49. The molecule has 15 heavy (non-hydrogen) atoms. The Morgan fingerprint density at radius 1 is 1.27 bits per heavy atom. The van der Waals surface area contributed by atoms with Crippen LogP contribution in [0.4, 0.5) is 0 Å². The summed E-state index contributed by atoms with van der Waals surface area (Å²) in [6.45, 7) is -0.931. The first-order valence-electron chi connectivity index (χ1n) is 4.20. The van der Waals surface area contributed by atoms with Crippen LogP contribution in [0.15, 0.2) is 0 Å². The first kappa shape index (κ1) is 11.2. The Hall–Kier alpha value is -1.92. The molecule has 82 valence electrons. The molecule has 7 nitrogen and oxygen atoms in total. The van der Waals surface area contributed by atoms with Crippen molar-refractivity contribution in [3.05, 3.63) is 0 Å². The number of imide groups is 1. The smallest absolute Gasteiger partial charge is 0.323 e. The second kappa shape index (κ2) is 4.07. The Morgan fingerprint density at radius 3 is 2.40 bits per heavy atom. The largest absolute Gasteiger partial charge is 0.480 e. The van der Waals surface area contributed by atoms with E-state index in [0.717, 1.165) is 9.80 Å². The lowest BCUT2D eigenvalue weighted by atomic mass is 10.3. The first-order chi connectivity index (χ1) is 6.91. The number of carboxylic acids is 1. The Morgan fingerprint density at radius 2 is 1.87 bits per heavy atom. The van der Waals surface area contributed by atoms with E-state index in [9.17, 15) is 19.2 Å². The molecule has 7 heteroatoms. The SMILES string of the molecule is CN1C(=O)CC(=O)N(CC(=O)O)CC1=O. The normalized spacial score (nSPS) is 18.1. The number of hydrogen-bond acceptors (Lipinski definition) is 4. The molecule has 3 amide bonds. The molecule has 0 saturated carbocycles. The summed E-state index contributed by atoms with van der Waals surface area (Å²) in [7, 11) is 1.27. The Labute approximate surface area is 85.2 Å². The molecule has 1 heterocycles. The van der Waals surface area contributed by atoms with Crippen LogP contribution < -0.4 is 0 Å². The van der Waals surface area contributed by atoms with E-state index in [1.165, 1.54) is 7.05 Å². The number of rotatable bonds is 2. The van der Waals surface area contributed by atoms with Crippen LogP contribution in [0.5, 0.6) is 0 Å². The highest BCUT2D eigenvalue weighted by Gasteiger charge is 2.30. The minimum Gasteiger partial charge on any atom is -0.480 e. The average molecular weight is 214 g/mol. The number of likely N-dealkylation sites (N-methyl/N-ethyl adjacent to an activating group) is 1. The topological polar surface area (TPSA) is 95.0 Å². The third-order valence-corrected chi connectivity index (χ3v) is 2.06. The maximum Gasteiger partial charge on any atom is 0.323 e. The average Bonchev–Trinajstić information content (AvgIpc) is 2.20. The summed E-state index contributed by atoms with van der Waals surface area (Å²) in [5.74, 6) is -3.04. The summed E-state index contributed by atoms with van der Waals surface area (Å²) in [6.07, 6.45) is -0.463. The van der Waals surface area contributed by atoms with E-state index in [1.54, 1.807) is 0 Å². The van der Waals surface area contributed by atoms with Crippen molar-refractivity contribution in [2.45, 2.75) is 6.42 Å². The minimum atomic E-state index is -1.21. The number of carbonyl (C=O) groups is 4. The van der Waals surface area contributed by atoms with Crippen LogP contribution in [-0.4, -0.2) is 58.7 Å². The van der Waals surface area contributed by atoms with Crippen molar-refractivity contribution in [2.75, 3.05) is 20.1 Å². The van der Waals surface area contributed by atoms with Gasteiger partial charge in [0.1, 0.15) is 19.5 Å². The molecule has 0 spiro atoms. The molecule has 0 aromatic carbocycles. The number of nitrogens with zero attached hydrogens (tertiary/aromatic N) is 2. The van der Waals surface area contributed by atoms with Gasteiger partial charge in [-0.3, -0.25) is 24.1 Å². The highest BCUT2D eigenvalue weighted by Crippen LogP contribution is 2.05. The van der Waals surface area contributed by atoms with Crippen LogP contribution in [0.3, 0.4) is 0 Å². The minimum absolute atomic E-state index is 0.368. The standard InChI is InChI=1S/C8H10N2O5/c1-9-5(11)2-6(12)10(3-7(9)13)4-8(14)15/h2-4H2,1H3,(H,14,15). The van der Waals surface area contributed by atoms with Gasteiger partial charge < -0.3 is 10.0 Å². The molecule has 1 N–H and O–H groups in total. The van der Waals surface area contributed by atoms with E-state index in [1.807, 2.05) is 0 Å². The predicted octanol–water partition coefficient (Wildman–Crippen LogP) is -1.71. The molecule has 0 atom stereocenters. The molecule has 1 rings (SSSR count). The summed E-state index contributed by atoms with van der Waals surface area (Å²) in [5.41, 5.74) is 0. The van der Waals surface area contributed by atoms with Crippen LogP contribution in [0.25, 0.3) is 0 Å².